The lowest BCUT2D eigenvalue weighted by atomic mass is 9.92. The largest absolute Gasteiger partial charge is 0.356 e. The Labute approximate surface area is 87.4 Å². The molecular weight excluding hydrogens is 176 g/mol. The van der Waals surface area contributed by atoms with Gasteiger partial charge in [-0.15, -0.1) is 0 Å². The van der Waals surface area contributed by atoms with Crippen molar-refractivity contribution in [1.82, 2.24) is 5.32 Å². The number of hydrogen-bond acceptors (Lipinski definition) is 2. The fraction of sp³-hybridized carbons (Fsp3) is 0.909. The van der Waals surface area contributed by atoms with Crippen LogP contribution in [-0.4, -0.2) is 18.5 Å². The van der Waals surface area contributed by atoms with Gasteiger partial charge in [-0.2, -0.15) is 0 Å². The summed E-state index contributed by atoms with van der Waals surface area (Å²) in [6, 6.07) is 0.00429. The van der Waals surface area contributed by atoms with Crippen LogP contribution in [0.1, 0.15) is 47.0 Å². The molecule has 1 atom stereocenters. The van der Waals surface area contributed by atoms with Gasteiger partial charge in [0.05, 0.1) is 0 Å². The Kier molecular flexibility index (Phi) is 5.77. The first-order valence-electron chi connectivity index (χ1n) is 5.37. The minimum Gasteiger partial charge on any atom is -0.356 e. The Balaban J connectivity index is 3.55. The van der Waals surface area contributed by atoms with Crippen molar-refractivity contribution in [3.63, 3.8) is 0 Å². The fourth-order valence-corrected chi connectivity index (χ4v) is 1.03. The quantitative estimate of drug-likeness (QED) is 0.709. The van der Waals surface area contributed by atoms with Crippen molar-refractivity contribution in [2.75, 3.05) is 6.54 Å². The Bertz CT molecular complexity index is 173. The molecule has 0 spiro atoms. The van der Waals surface area contributed by atoms with Crippen LogP contribution in [-0.2, 0) is 4.79 Å². The third kappa shape index (κ3) is 8.05. The van der Waals surface area contributed by atoms with Gasteiger partial charge in [0.1, 0.15) is 0 Å². The highest BCUT2D eigenvalue weighted by molar-refractivity contribution is 5.76. The zero-order valence-corrected chi connectivity index (χ0v) is 9.89. The molecule has 0 radical (unpaired) electrons. The second-order valence-corrected chi connectivity index (χ2v) is 5.03. The maximum Gasteiger partial charge on any atom is 0.221 e. The molecule has 0 heterocycles. The van der Waals surface area contributed by atoms with Crippen molar-refractivity contribution in [1.29, 1.82) is 0 Å². The average Bonchev–Trinajstić information content (AvgIpc) is 2.01. The second kappa shape index (κ2) is 6.02. The van der Waals surface area contributed by atoms with E-state index < -0.39 is 0 Å². The predicted molar refractivity (Wildman–Crippen MR) is 60.0 cm³/mol. The van der Waals surface area contributed by atoms with Gasteiger partial charge in [0, 0.05) is 19.0 Å². The first kappa shape index (κ1) is 13.4. The molecule has 0 aromatic rings. The molecule has 0 saturated carbocycles. The minimum atomic E-state index is 0.00429. The molecule has 84 valence electrons. The number of hydrogen-bond donors (Lipinski definition) is 2. The van der Waals surface area contributed by atoms with E-state index in [9.17, 15) is 4.79 Å². The summed E-state index contributed by atoms with van der Waals surface area (Å²) in [5.74, 6) is 0.0728. The highest BCUT2D eigenvalue weighted by Gasteiger charge is 2.11. The standard InChI is InChI=1S/C11H24N2O/c1-5-9(12)8-10(14)13-7-6-11(2,3)4/h9H,5-8,12H2,1-4H3,(H,13,14). The molecule has 3 heteroatoms. The van der Waals surface area contributed by atoms with E-state index in [0.717, 1.165) is 19.4 Å². The highest BCUT2D eigenvalue weighted by atomic mass is 16.1. The first-order chi connectivity index (χ1) is 6.35. The van der Waals surface area contributed by atoms with Crippen LogP contribution in [0.25, 0.3) is 0 Å². The number of rotatable bonds is 5. The van der Waals surface area contributed by atoms with Crippen LogP contribution in [0, 0.1) is 5.41 Å². The third-order valence-corrected chi connectivity index (χ3v) is 2.17. The van der Waals surface area contributed by atoms with Crippen molar-refractivity contribution in [2.45, 2.75) is 53.0 Å². The maximum atomic E-state index is 11.3. The van der Waals surface area contributed by atoms with Crippen molar-refractivity contribution >= 4 is 5.91 Å². The lowest BCUT2D eigenvalue weighted by Gasteiger charge is -2.18. The van der Waals surface area contributed by atoms with Gasteiger partial charge in [0.15, 0.2) is 0 Å². The first-order valence-corrected chi connectivity index (χ1v) is 5.37. The molecule has 1 amide bonds. The van der Waals surface area contributed by atoms with Crippen molar-refractivity contribution in [2.24, 2.45) is 11.1 Å². The Morgan fingerprint density at radius 1 is 1.43 bits per heavy atom. The summed E-state index contributed by atoms with van der Waals surface area (Å²) in [6.45, 7) is 9.23. The topological polar surface area (TPSA) is 55.1 Å². The Hall–Kier alpha value is -0.570. The summed E-state index contributed by atoms with van der Waals surface area (Å²) in [5.41, 5.74) is 5.95. The van der Waals surface area contributed by atoms with Crippen LogP contribution in [0.5, 0.6) is 0 Å². The number of nitrogens with one attached hydrogen (secondary N) is 1. The van der Waals surface area contributed by atoms with Crippen LogP contribution in [0.15, 0.2) is 0 Å². The zero-order chi connectivity index (χ0) is 11.2. The number of carbonyl (C=O) groups excluding carboxylic acids is 1. The molecule has 0 aromatic carbocycles. The van der Waals surface area contributed by atoms with E-state index in [1.807, 2.05) is 6.92 Å². The molecule has 1 unspecified atom stereocenters. The number of carbonyl (C=O) groups is 1. The minimum absolute atomic E-state index is 0.00429. The molecule has 0 rings (SSSR count). The molecule has 0 aliphatic carbocycles. The number of nitrogens with two attached hydrogens (primary N) is 1. The second-order valence-electron chi connectivity index (χ2n) is 5.03. The molecule has 3 nitrogen and oxygen atoms in total. The van der Waals surface area contributed by atoms with Gasteiger partial charge in [-0.05, 0) is 18.3 Å². The molecule has 3 N–H and O–H groups in total. The van der Waals surface area contributed by atoms with Gasteiger partial charge in [0.2, 0.25) is 5.91 Å². The summed E-state index contributed by atoms with van der Waals surface area (Å²) in [6.07, 6.45) is 2.30. The molecule has 0 saturated heterocycles. The van der Waals surface area contributed by atoms with E-state index >= 15 is 0 Å². The van der Waals surface area contributed by atoms with Crippen molar-refractivity contribution in [3.8, 4) is 0 Å². The van der Waals surface area contributed by atoms with Crippen LogP contribution in [0.3, 0.4) is 0 Å². The SMILES string of the molecule is CCC(N)CC(=O)NCCC(C)(C)C. The van der Waals surface area contributed by atoms with E-state index in [1.54, 1.807) is 0 Å². The zero-order valence-electron chi connectivity index (χ0n) is 9.89. The molecule has 0 fully saturated rings. The van der Waals surface area contributed by atoms with Gasteiger partial charge in [0.25, 0.3) is 0 Å². The Morgan fingerprint density at radius 3 is 2.43 bits per heavy atom. The van der Waals surface area contributed by atoms with Crippen molar-refractivity contribution < 1.29 is 4.79 Å². The van der Waals surface area contributed by atoms with E-state index in [4.69, 9.17) is 5.73 Å². The van der Waals surface area contributed by atoms with E-state index in [-0.39, 0.29) is 17.4 Å². The summed E-state index contributed by atoms with van der Waals surface area (Å²) < 4.78 is 0. The van der Waals surface area contributed by atoms with Gasteiger partial charge < -0.3 is 11.1 Å². The molecule has 0 aliphatic heterocycles. The van der Waals surface area contributed by atoms with Crippen LogP contribution in [0.4, 0.5) is 0 Å². The maximum absolute atomic E-state index is 11.3. The van der Waals surface area contributed by atoms with Gasteiger partial charge in [-0.3, -0.25) is 4.79 Å². The molecule has 14 heavy (non-hydrogen) atoms. The Morgan fingerprint density at radius 2 is 2.00 bits per heavy atom. The lowest BCUT2D eigenvalue weighted by molar-refractivity contribution is -0.121. The van der Waals surface area contributed by atoms with Crippen LogP contribution >= 0.6 is 0 Å². The van der Waals surface area contributed by atoms with Crippen molar-refractivity contribution in [3.05, 3.63) is 0 Å². The fourth-order valence-electron chi connectivity index (χ4n) is 1.03. The highest BCUT2D eigenvalue weighted by Crippen LogP contribution is 2.16. The van der Waals surface area contributed by atoms with Gasteiger partial charge in [-0.25, -0.2) is 0 Å². The van der Waals surface area contributed by atoms with Crippen LogP contribution in [0.2, 0.25) is 0 Å². The third-order valence-electron chi connectivity index (χ3n) is 2.17. The normalized spacial score (nSPS) is 13.8. The smallest absolute Gasteiger partial charge is 0.221 e. The monoisotopic (exact) mass is 200 g/mol. The molecule has 0 aliphatic rings. The van der Waals surface area contributed by atoms with Gasteiger partial charge >= 0.3 is 0 Å². The average molecular weight is 200 g/mol. The summed E-state index contributed by atoms with van der Waals surface area (Å²) in [5, 5.41) is 2.89. The number of amides is 1. The summed E-state index contributed by atoms with van der Waals surface area (Å²) >= 11 is 0. The molecular formula is C11H24N2O. The van der Waals surface area contributed by atoms with Gasteiger partial charge in [-0.1, -0.05) is 27.7 Å². The molecule has 0 aromatic heterocycles. The lowest BCUT2D eigenvalue weighted by Crippen LogP contribution is -2.32. The summed E-state index contributed by atoms with van der Waals surface area (Å²) in [7, 11) is 0. The van der Waals surface area contributed by atoms with E-state index in [2.05, 4.69) is 26.1 Å². The summed E-state index contributed by atoms with van der Waals surface area (Å²) in [4.78, 5) is 11.3. The van der Waals surface area contributed by atoms with E-state index in [1.165, 1.54) is 0 Å². The van der Waals surface area contributed by atoms with Crippen LogP contribution < -0.4 is 11.1 Å². The van der Waals surface area contributed by atoms with E-state index in [0.29, 0.717) is 6.42 Å². The predicted octanol–water partition coefficient (Wildman–Crippen LogP) is 1.67. The molecule has 0 bridgehead atoms.